The van der Waals surface area contributed by atoms with Crippen LogP contribution in [0.25, 0.3) is 0 Å². The Labute approximate surface area is 144 Å². The number of benzene rings is 2. The summed E-state index contributed by atoms with van der Waals surface area (Å²) in [6.07, 6.45) is 3.73. The molecule has 2 aromatic rings. The zero-order chi connectivity index (χ0) is 16.8. The Morgan fingerprint density at radius 3 is 2.71 bits per heavy atom. The van der Waals surface area contributed by atoms with E-state index in [0.29, 0.717) is 19.2 Å². The smallest absolute Gasteiger partial charge is 0.122 e. The zero-order valence-corrected chi connectivity index (χ0v) is 14.4. The summed E-state index contributed by atoms with van der Waals surface area (Å²) in [4.78, 5) is 0. The molecule has 0 bridgehead atoms. The van der Waals surface area contributed by atoms with Crippen LogP contribution in [0.4, 0.5) is 0 Å². The van der Waals surface area contributed by atoms with Crippen LogP contribution in [0.15, 0.2) is 48.5 Å². The van der Waals surface area contributed by atoms with E-state index in [-0.39, 0.29) is 0 Å². The minimum atomic E-state index is -0.493. The number of para-hydroxylation sites is 1. The monoisotopic (exact) mass is 325 g/mol. The Bertz CT molecular complexity index is 656. The van der Waals surface area contributed by atoms with E-state index in [4.69, 9.17) is 4.74 Å². The van der Waals surface area contributed by atoms with E-state index in [1.165, 1.54) is 16.7 Å². The third-order valence-electron chi connectivity index (χ3n) is 4.77. The Hall–Kier alpha value is -1.84. The highest BCUT2D eigenvalue weighted by Crippen LogP contribution is 2.21. The minimum Gasteiger partial charge on any atom is -0.491 e. The number of aryl methyl sites for hydroxylation is 2. The van der Waals surface area contributed by atoms with Gasteiger partial charge >= 0.3 is 0 Å². The number of aliphatic hydroxyl groups is 1. The second kappa shape index (κ2) is 8.32. The van der Waals surface area contributed by atoms with E-state index in [1.807, 2.05) is 18.2 Å². The molecule has 2 N–H and O–H groups in total. The molecule has 3 nitrogen and oxygen atoms in total. The second-order valence-corrected chi connectivity index (χ2v) is 6.54. The molecule has 3 heteroatoms. The molecule has 24 heavy (non-hydrogen) atoms. The van der Waals surface area contributed by atoms with Crippen LogP contribution in [0, 0.1) is 0 Å². The molecule has 0 saturated heterocycles. The van der Waals surface area contributed by atoms with Crippen molar-refractivity contribution in [2.75, 3.05) is 13.2 Å². The van der Waals surface area contributed by atoms with Crippen molar-refractivity contribution in [1.29, 1.82) is 0 Å². The van der Waals surface area contributed by atoms with Gasteiger partial charge in [0.2, 0.25) is 0 Å². The van der Waals surface area contributed by atoms with E-state index >= 15 is 0 Å². The zero-order valence-electron chi connectivity index (χ0n) is 14.4. The van der Waals surface area contributed by atoms with Gasteiger partial charge in [-0.1, -0.05) is 49.4 Å². The standard InChI is InChI=1S/C21H27NO2/c1-2-16-7-5-6-10-21(16)24-15-20(23)14-22-19-12-11-17-8-3-4-9-18(17)13-19/h3-10,19-20,22-23H,2,11-15H2,1H3/t19-,20-/m1/s1. The average molecular weight is 325 g/mol. The van der Waals surface area contributed by atoms with Gasteiger partial charge in [0.1, 0.15) is 18.5 Å². The molecule has 0 unspecified atom stereocenters. The highest BCUT2D eigenvalue weighted by molar-refractivity contribution is 5.33. The number of hydrogen-bond donors (Lipinski definition) is 2. The lowest BCUT2D eigenvalue weighted by Gasteiger charge is -2.26. The molecule has 1 aliphatic carbocycles. The molecule has 1 aliphatic rings. The fraction of sp³-hybridized carbons (Fsp3) is 0.429. The summed E-state index contributed by atoms with van der Waals surface area (Å²) >= 11 is 0. The van der Waals surface area contributed by atoms with Crippen LogP contribution in [-0.2, 0) is 19.3 Å². The van der Waals surface area contributed by atoms with Crippen molar-refractivity contribution in [3.05, 3.63) is 65.2 Å². The summed E-state index contributed by atoms with van der Waals surface area (Å²) in [6, 6.07) is 17.1. The van der Waals surface area contributed by atoms with Gasteiger partial charge in [0, 0.05) is 12.6 Å². The average Bonchev–Trinajstić information content (AvgIpc) is 2.64. The SMILES string of the molecule is CCc1ccccc1OC[C@H](O)CN[C@@H]1CCc2ccccc2C1. The third kappa shape index (κ3) is 4.37. The molecule has 0 amide bonds. The van der Waals surface area contributed by atoms with Gasteiger partial charge in [-0.05, 0) is 48.4 Å². The number of nitrogens with one attached hydrogen (secondary N) is 1. The van der Waals surface area contributed by atoms with Crippen molar-refractivity contribution in [3.8, 4) is 5.75 Å². The van der Waals surface area contributed by atoms with E-state index in [1.54, 1.807) is 0 Å². The number of ether oxygens (including phenoxy) is 1. The molecule has 0 saturated carbocycles. The summed E-state index contributed by atoms with van der Waals surface area (Å²) in [7, 11) is 0. The maximum Gasteiger partial charge on any atom is 0.122 e. The number of aliphatic hydroxyl groups excluding tert-OH is 1. The van der Waals surface area contributed by atoms with Crippen molar-refractivity contribution in [2.24, 2.45) is 0 Å². The molecular formula is C21H27NO2. The Morgan fingerprint density at radius 2 is 1.88 bits per heavy atom. The maximum atomic E-state index is 10.2. The maximum absolute atomic E-state index is 10.2. The lowest BCUT2D eigenvalue weighted by Crippen LogP contribution is -2.40. The molecule has 2 atom stereocenters. The highest BCUT2D eigenvalue weighted by Gasteiger charge is 2.18. The molecule has 2 aromatic carbocycles. The number of hydrogen-bond acceptors (Lipinski definition) is 3. The first-order valence-electron chi connectivity index (χ1n) is 8.95. The van der Waals surface area contributed by atoms with Gasteiger partial charge in [0.25, 0.3) is 0 Å². The van der Waals surface area contributed by atoms with Crippen LogP contribution in [-0.4, -0.2) is 30.4 Å². The largest absolute Gasteiger partial charge is 0.491 e. The fourth-order valence-electron chi connectivity index (χ4n) is 3.36. The highest BCUT2D eigenvalue weighted by atomic mass is 16.5. The van der Waals surface area contributed by atoms with Crippen LogP contribution >= 0.6 is 0 Å². The van der Waals surface area contributed by atoms with Crippen molar-refractivity contribution >= 4 is 0 Å². The summed E-state index contributed by atoms with van der Waals surface area (Å²) in [5.74, 6) is 0.880. The van der Waals surface area contributed by atoms with Crippen molar-refractivity contribution < 1.29 is 9.84 Å². The van der Waals surface area contributed by atoms with Gasteiger partial charge in [-0.3, -0.25) is 0 Å². The van der Waals surface area contributed by atoms with Crippen molar-refractivity contribution in [3.63, 3.8) is 0 Å². The van der Waals surface area contributed by atoms with Gasteiger partial charge in [-0.25, -0.2) is 0 Å². The third-order valence-corrected chi connectivity index (χ3v) is 4.77. The number of rotatable bonds is 7. The van der Waals surface area contributed by atoms with Gasteiger partial charge in [-0.15, -0.1) is 0 Å². The molecular weight excluding hydrogens is 298 g/mol. The van der Waals surface area contributed by atoms with Crippen LogP contribution in [0.2, 0.25) is 0 Å². The lowest BCUT2D eigenvalue weighted by molar-refractivity contribution is 0.102. The summed E-state index contributed by atoms with van der Waals surface area (Å²) in [5.41, 5.74) is 4.08. The molecule has 0 spiro atoms. The topological polar surface area (TPSA) is 41.5 Å². The van der Waals surface area contributed by atoms with Gasteiger partial charge in [-0.2, -0.15) is 0 Å². The molecule has 128 valence electrons. The fourth-order valence-corrected chi connectivity index (χ4v) is 3.36. The van der Waals surface area contributed by atoms with Crippen LogP contribution in [0.1, 0.15) is 30.0 Å². The molecule has 3 rings (SSSR count). The Morgan fingerprint density at radius 1 is 1.12 bits per heavy atom. The van der Waals surface area contributed by atoms with Gasteiger partial charge in [0.15, 0.2) is 0 Å². The first-order chi connectivity index (χ1) is 11.8. The lowest BCUT2D eigenvalue weighted by atomic mass is 9.88. The molecule has 0 heterocycles. The van der Waals surface area contributed by atoms with Crippen molar-refractivity contribution in [1.82, 2.24) is 5.32 Å². The molecule has 0 fully saturated rings. The molecule has 0 aromatic heterocycles. The summed E-state index contributed by atoms with van der Waals surface area (Å²) in [5, 5.41) is 13.7. The Kier molecular flexibility index (Phi) is 5.89. The summed E-state index contributed by atoms with van der Waals surface area (Å²) < 4.78 is 5.80. The van der Waals surface area contributed by atoms with Gasteiger partial charge < -0.3 is 15.2 Å². The quantitative estimate of drug-likeness (QED) is 0.822. The van der Waals surface area contributed by atoms with Crippen LogP contribution < -0.4 is 10.1 Å². The minimum absolute atomic E-state index is 0.327. The van der Waals surface area contributed by atoms with Crippen LogP contribution in [0.3, 0.4) is 0 Å². The Balaban J connectivity index is 1.44. The van der Waals surface area contributed by atoms with E-state index in [0.717, 1.165) is 31.4 Å². The molecule has 0 radical (unpaired) electrons. The first kappa shape index (κ1) is 17.0. The van der Waals surface area contributed by atoms with Crippen LogP contribution in [0.5, 0.6) is 5.75 Å². The predicted octanol–water partition coefficient (Wildman–Crippen LogP) is 3.14. The number of fused-ring (bicyclic) bond motifs is 1. The predicted molar refractivity (Wildman–Crippen MR) is 97.6 cm³/mol. The molecule has 0 aliphatic heterocycles. The normalized spacial score (nSPS) is 18.0. The summed E-state index contributed by atoms with van der Waals surface area (Å²) in [6.45, 7) is 3.01. The second-order valence-electron chi connectivity index (χ2n) is 6.54. The van der Waals surface area contributed by atoms with E-state index in [9.17, 15) is 5.11 Å². The van der Waals surface area contributed by atoms with E-state index < -0.39 is 6.10 Å². The first-order valence-corrected chi connectivity index (χ1v) is 8.95. The van der Waals surface area contributed by atoms with Crippen molar-refractivity contribution in [2.45, 2.75) is 44.8 Å². The van der Waals surface area contributed by atoms with Gasteiger partial charge in [0.05, 0.1) is 0 Å². The van der Waals surface area contributed by atoms with E-state index in [2.05, 4.69) is 42.6 Å².